The number of methoxy groups -OCH3 is 2. The van der Waals surface area contributed by atoms with Gasteiger partial charge in [-0.05, 0) is 24.8 Å². The summed E-state index contributed by atoms with van der Waals surface area (Å²) in [6, 6.07) is 6.03. The van der Waals surface area contributed by atoms with Gasteiger partial charge in [-0.1, -0.05) is 12.5 Å². The Morgan fingerprint density at radius 3 is 2.67 bits per heavy atom. The van der Waals surface area contributed by atoms with Gasteiger partial charge in [0.15, 0.2) is 5.13 Å². The molecule has 1 aliphatic carbocycles. The third-order valence-corrected chi connectivity index (χ3v) is 5.39. The molecule has 1 aromatic heterocycles. The van der Waals surface area contributed by atoms with E-state index in [2.05, 4.69) is 16.0 Å². The van der Waals surface area contributed by atoms with Crippen LogP contribution in [0.15, 0.2) is 24.4 Å². The maximum atomic E-state index is 5.78. The Kier molecular flexibility index (Phi) is 5.58. The maximum absolute atomic E-state index is 5.78. The molecule has 0 radical (unpaired) electrons. The van der Waals surface area contributed by atoms with Crippen LogP contribution in [0, 0.1) is 5.92 Å². The average Bonchev–Trinajstić information content (AvgIpc) is 2.96. The van der Waals surface area contributed by atoms with Crippen LogP contribution in [-0.4, -0.2) is 30.6 Å². The third-order valence-electron chi connectivity index (χ3n) is 4.58. The number of thiazole rings is 1. The van der Waals surface area contributed by atoms with Crippen LogP contribution in [0.3, 0.4) is 0 Å². The minimum absolute atomic E-state index is 0.635. The van der Waals surface area contributed by atoms with E-state index in [1.54, 1.807) is 25.6 Å². The number of ether oxygens (including phenoxy) is 2. The summed E-state index contributed by atoms with van der Waals surface area (Å²) in [4.78, 5) is 7.86. The van der Waals surface area contributed by atoms with Crippen LogP contribution >= 0.6 is 11.3 Å². The van der Waals surface area contributed by atoms with Gasteiger partial charge in [0.2, 0.25) is 0 Å². The standard InChI is InChI=1S/C18H25N3O2S/c1-22-15-7-6-14(17(8-15)23-2)11-21(10-13-4-3-5-13)12-16-9-20-18(19)24-16/h6-9,13H,3-5,10-12H2,1-2H3,(H2,19,20). The molecule has 1 aliphatic rings. The lowest BCUT2D eigenvalue weighted by atomic mass is 9.85. The Balaban J connectivity index is 1.74. The van der Waals surface area contributed by atoms with Crippen LogP contribution < -0.4 is 15.2 Å². The lowest BCUT2D eigenvalue weighted by Crippen LogP contribution is -2.31. The zero-order valence-corrected chi connectivity index (χ0v) is 15.1. The predicted molar refractivity (Wildman–Crippen MR) is 97.5 cm³/mol. The predicted octanol–water partition coefficient (Wildman–Crippen LogP) is 3.54. The van der Waals surface area contributed by atoms with Crippen LogP contribution in [0.2, 0.25) is 0 Å². The number of nitrogen functional groups attached to an aromatic ring is 1. The van der Waals surface area contributed by atoms with Gasteiger partial charge in [0, 0.05) is 42.3 Å². The topological polar surface area (TPSA) is 60.6 Å². The van der Waals surface area contributed by atoms with E-state index < -0.39 is 0 Å². The van der Waals surface area contributed by atoms with Crippen molar-refractivity contribution in [2.24, 2.45) is 5.92 Å². The molecule has 0 spiro atoms. The summed E-state index contributed by atoms with van der Waals surface area (Å²) in [5.41, 5.74) is 6.95. The van der Waals surface area contributed by atoms with Crippen LogP contribution in [0.25, 0.3) is 0 Å². The summed E-state index contributed by atoms with van der Waals surface area (Å²) in [5.74, 6) is 2.49. The average molecular weight is 347 g/mol. The minimum atomic E-state index is 0.635. The number of nitrogens with two attached hydrogens (primary N) is 1. The second-order valence-corrected chi connectivity index (χ2v) is 7.46. The number of nitrogens with zero attached hydrogens (tertiary/aromatic N) is 2. The molecule has 1 saturated carbocycles. The summed E-state index contributed by atoms with van der Waals surface area (Å²) in [6.45, 7) is 2.83. The van der Waals surface area contributed by atoms with E-state index >= 15 is 0 Å². The summed E-state index contributed by atoms with van der Waals surface area (Å²) < 4.78 is 10.8. The van der Waals surface area contributed by atoms with E-state index in [0.29, 0.717) is 5.13 Å². The Morgan fingerprint density at radius 2 is 2.08 bits per heavy atom. The molecule has 6 heteroatoms. The molecule has 0 aliphatic heterocycles. The molecule has 24 heavy (non-hydrogen) atoms. The van der Waals surface area contributed by atoms with Crippen molar-refractivity contribution in [2.45, 2.75) is 32.4 Å². The fraction of sp³-hybridized carbons (Fsp3) is 0.500. The van der Waals surface area contributed by atoms with Crippen molar-refractivity contribution in [2.75, 3.05) is 26.5 Å². The van der Waals surface area contributed by atoms with E-state index in [9.17, 15) is 0 Å². The van der Waals surface area contributed by atoms with Gasteiger partial charge in [-0.15, -0.1) is 11.3 Å². The molecular weight excluding hydrogens is 322 g/mol. The highest BCUT2D eigenvalue weighted by atomic mass is 32.1. The summed E-state index contributed by atoms with van der Waals surface area (Å²) in [5, 5.41) is 0.635. The van der Waals surface area contributed by atoms with Gasteiger partial charge < -0.3 is 15.2 Å². The van der Waals surface area contributed by atoms with Crippen molar-refractivity contribution >= 4 is 16.5 Å². The monoisotopic (exact) mass is 347 g/mol. The molecule has 3 rings (SSSR count). The van der Waals surface area contributed by atoms with Crippen LogP contribution in [-0.2, 0) is 13.1 Å². The van der Waals surface area contributed by atoms with Crippen molar-refractivity contribution < 1.29 is 9.47 Å². The fourth-order valence-electron chi connectivity index (χ4n) is 3.07. The van der Waals surface area contributed by atoms with E-state index in [1.807, 2.05) is 18.3 Å². The molecule has 2 N–H and O–H groups in total. The van der Waals surface area contributed by atoms with Crippen LogP contribution in [0.4, 0.5) is 5.13 Å². The smallest absolute Gasteiger partial charge is 0.180 e. The van der Waals surface area contributed by atoms with Crippen LogP contribution in [0.1, 0.15) is 29.7 Å². The maximum Gasteiger partial charge on any atom is 0.180 e. The number of benzene rings is 1. The second kappa shape index (κ2) is 7.85. The van der Waals surface area contributed by atoms with Crippen molar-refractivity contribution in [3.8, 4) is 11.5 Å². The normalized spacial score (nSPS) is 14.6. The van der Waals surface area contributed by atoms with Crippen molar-refractivity contribution in [3.63, 3.8) is 0 Å². The SMILES string of the molecule is COc1ccc(CN(Cc2cnc(N)s2)CC2CCC2)c(OC)c1. The summed E-state index contributed by atoms with van der Waals surface area (Å²) >= 11 is 1.57. The summed E-state index contributed by atoms with van der Waals surface area (Å²) in [6.07, 6.45) is 5.92. The van der Waals surface area contributed by atoms with Crippen LogP contribution in [0.5, 0.6) is 11.5 Å². The highest BCUT2D eigenvalue weighted by Crippen LogP contribution is 2.31. The molecule has 1 aromatic carbocycles. The number of aromatic nitrogens is 1. The van der Waals surface area contributed by atoms with E-state index in [0.717, 1.165) is 37.1 Å². The van der Waals surface area contributed by atoms with E-state index in [-0.39, 0.29) is 0 Å². The Labute approximate surface area is 147 Å². The number of rotatable bonds is 8. The highest BCUT2D eigenvalue weighted by Gasteiger charge is 2.22. The van der Waals surface area contributed by atoms with Gasteiger partial charge in [-0.25, -0.2) is 4.98 Å². The van der Waals surface area contributed by atoms with E-state index in [1.165, 1.54) is 29.7 Å². The fourth-order valence-corrected chi connectivity index (χ4v) is 3.79. The first-order valence-electron chi connectivity index (χ1n) is 8.31. The first-order chi connectivity index (χ1) is 11.7. The molecule has 2 aromatic rings. The number of anilines is 1. The Morgan fingerprint density at radius 1 is 1.25 bits per heavy atom. The quantitative estimate of drug-likeness (QED) is 0.791. The van der Waals surface area contributed by atoms with Gasteiger partial charge in [-0.3, -0.25) is 4.90 Å². The van der Waals surface area contributed by atoms with Gasteiger partial charge in [0.25, 0.3) is 0 Å². The molecule has 0 bridgehead atoms. The van der Waals surface area contributed by atoms with Gasteiger partial charge in [0.05, 0.1) is 14.2 Å². The van der Waals surface area contributed by atoms with Crippen molar-refractivity contribution in [1.82, 2.24) is 9.88 Å². The second-order valence-electron chi connectivity index (χ2n) is 6.31. The Hall–Kier alpha value is -1.79. The molecule has 130 valence electrons. The summed E-state index contributed by atoms with van der Waals surface area (Å²) in [7, 11) is 3.38. The highest BCUT2D eigenvalue weighted by molar-refractivity contribution is 7.15. The largest absolute Gasteiger partial charge is 0.497 e. The number of hydrogen-bond donors (Lipinski definition) is 1. The molecule has 5 nitrogen and oxygen atoms in total. The molecule has 1 heterocycles. The van der Waals surface area contributed by atoms with Gasteiger partial charge >= 0.3 is 0 Å². The Bertz CT molecular complexity index is 670. The first-order valence-corrected chi connectivity index (χ1v) is 9.13. The molecule has 0 amide bonds. The molecule has 0 unspecified atom stereocenters. The van der Waals surface area contributed by atoms with Crippen molar-refractivity contribution in [3.05, 3.63) is 34.8 Å². The molecule has 0 atom stereocenters. The lowest BCUT2D eigenvalue weighted by molar-refractivity contribution is 0.165. The van der Waals surface area contributed by atoms with Gasteiger partial charge in [0.1, 0.15) is 11.5 Å². The van der Waals surface area contributed by atoms with Crippen molar-refractivity contribution in [1.29, 1.82) is 0 Å². The molecule has 1 fully saturated rings. The minimum Gasteiger partial charge on any atom is -0.497 e. The number of hydrogen-bond acceptors (Lipinski definition) is 6. The van der Waals surface area contributed by atoms with E-state index in [4.69, 9.17) is 15.2 Å². The zero-order chi connectivity index (χ0) is 16.9. The lowest BCUT2D eigenvalue weighted by Gasteiger charge is -2.32. The molecule has 0 saturated heterocycles. The third kappa shape index (κ3) is 4.19. The first kappa shape index (κ1) is 17.0. The van der Waals surface area contributed by atoms with Gasteiger partial charge in [-0.2, -0.15) is 0 Å². The zero-order valence-electron chi connectivity index (χ0n) is 14.3. The molecular formula is C18H25N3O2S.